The van der Waals surface area contributed by atoms with Crippen LogP contribution in [-0.2, 0) is 10.0 Å². The summed E-state index contributed by atoms with van der Waals surface area (Å²) in [4.78, 5) is 2.02. The molecule has 114 valence electrons. The minimum absolute atomic E-state index is 0.412. The summed E-state index contributed by atoms with van der Waals surface area (Å²) >= 11 is 0. The van der Waals surface area contributed by atoms with Gasteiger partial charge in [0.15, 0.2) is 0 Å². The van der Waals surface area contributed by atoms with Crippen LogP contribution in [0, 0.1) is 11.3 Å². The number of benzene rings is 1. The van der Waals surface area contributed by atoms with Crippen molar-refractivity contribution in [2.75, 3.05) is 37.3 Å². The highest BCUT2D eigenvalue weighted by Gasteiger charge is 2.25. The number of aliphatic hydroxyl groups is 1. The quantitative estimate of drug-likeness (QED) is 0.888. The third-order valence-electron chi connectivity index (χ3n) is 3.66. The van der Waals surface area contributed by atoms with E-state index in [2.05, 4.69) is 6.07 Å². The summed E-state index contributed by atoms with van der Waals surface area (Å²) < 4.78 is 24.5. The normalized spacial score (nSPS) is 18.3. The molecule has 0 amide bonds. The van der Waals surface area contributed by atoms with Crippen LogP contribution >= 0.6 is 0 Å². The number of hydrogen-bond donors (Lipinski definition) is 1. The van der Waals surface area contributed by atoms with Crippen molar-refractivity contribution in [2.24, 2.45) is 0 Å². The Labute approximate surface area is 125 Å². The maximum absolute atomic E-state index is 11.5. The van der Waals surface area contributed by atoms with E-state index in [1.807, 2.05) is 4.90 Å². The molecule has 1 atom stereocenters. The summed E-state index contributed by atoms with van der Waals surface area (Å²) in [5, 5.41) is 18.9. The summed E-state index contributed by atoms with van der Waals surface area (Å²) in [5.41, 5.74) is 2.08. The van der Waals surface area contributed by atoms with E-state index in [0.29, 0.717) is 31.7 Å². The first-order valence-electron chi connectivity index (χ1n) is 6.75. The molecular weight excluding hydrogens is 290 g/mol. The van der Waals surface area contributed by atoms with Gasteiger partial charge in [0.05, 0.1) is 24.0 Å². The van der Waals surface area contributed by atoms with Gasteiger partial charge in [0.2, 0.25) is 10.0 Å². The van der Waals surface area contributed by atoms with Gasteiger partial charge in [0, 0.05) is 37.4 Å². The van der Waals surface area contributed by atoms with Gasteiger partial charge in [-0.15, -0.1) is 0 Å². The first-order valence-corrected chi connectivity index (χ1v) is 8.60. The Hall–Kier alpha value is -1.62. The Balaban J connectivity index is 2.25. The Morgan fingerprint density at radius 3 is 2.38 bits per heavy atom. The number of piperazine rings is 1. The maximum atomic E-state index is 11.5. The van der Waals surface area contributed by atoms with Gasteiger partial charge in [-0.25, -0.2) is 8.42 Å². The van der Waals surface area contributed by atoms with Crippen molar-refractivity contribution >= 4 is 15.7 Å². The highest BCUT2D eigenvalue weighted by atomic mass is 32.2. The highest BCUT2D eigenvalue weighted by molar-refractivity contribution is 7.88. The SMILES string of the molecule is C[C@@H](O)c1ccc(C#N)cc1N1CCN(S(C)(=O)=O)CC1. The van der Waals surface area contributed by atoms with Gasteiger partial charge in [-0.3, -0.25) is 0 Å². The largest absolute Gasteiger partial charge is 0.389 e. The van der Waals surface area contributed by atoms with E-state index in [1.165, 1.54) is 10.6 Å². The topological polar surface area (TPSA) is 84.6 Å². The molecular formula is C14H19N3O3S. The molecule has 1 aromatic rings. The number of anilines is 1. The minimum Gasteiger partial charge on any atom is -0.389 e. The molecule has 1 heterocycles. The van der Waals surface area contributed by atoms with Gasteiger partial charge in [0.25, 0.3) is 0 Å². The van der Waals surface area contributed by atoms with E-state index < -0.39 is 16.1 Å². The second-order valence-electron chi connectivity index (χ2n) is 5.21. The monoisotopic (exact) mass is 309 g/mol. The van der Waals surface area contributed by atoms with Crippen molar-refractivity contribution in [2.45, 2.75) is 13.0 Å². The van der Waals surface area contributed by atoms with Crippen LogP contribution in [0.1, 0.15) is 24.2 Å². The molecule has 1 fully saturated rings. The van der Waals surface area contributed by atoms with Crippen molar-refractivity contribution in [1.82, 2.24) is 4.31 Å². The maximum Gasteiger partial charge on any atom is 0.211 e. The molecule has 0 bridgehead atoms. The molecule has 2 rings (SSSR count). The van der Waals surface area contributed by atoms with E-state index in [1.54, 1.807) is 25.1 Å². The molecule has 1 aromatic carbocycles. The molecule has 1 N–H and O–H groups in total. The molecule has 0 saturated carbocycles. The predicted molar refractivity (Wildman–Crippen MR) is 80.4 cm³/mol. The molecule has 1 aliphatic heterocycles. The molecule has 0 spiro atoms. The van der Waals surface area contributed by atoms with E-state index in [0.717, 1.165) is 11.3 Å². The summed E-state index contributed by atoms with van der Waals surface area (Å²) in [7, 11) is -3.17. The number of hydrogen-bond acceptors (Lipinski definition) is 5. The average Bonchev–Trinajstić information content (AvgIpc) is 2.45. The minimum atomic E-state index is -3.17. The Morgan fingerprint density at radius 2 is 1.90 bits per heavy atom. The molecule has 7 heteroatoms. The number of nitriles is 1. The van der Waals surface area contributed by atoms with E-state index in [9.17, 15) is 13.5 Å². The third-order valence-corrected chi connectivity index (χ3v) is 4.96. The fourth-order valence-electron chi connectivity index (χ4n) is 2.50. The van der Waals surface area contributed by atoms with Gasteiger partial charge in [-0.2, -0.15) is 9.57 Å². The fraction of sp³-hybridized carbons (Fsp3) is 0.500. The molecule has 0 aliphatic carbocycles. The van der Waals surface area contributed by atoms with Gasteiger partial charge in [0.1, 0.15) is 0 Å². The molecule has 1 saturated heterocycles. The summed E-state index contributed by atoms with van der Waals surface area (Å²) in [6.07, 6.45) is 0.570. The van der Waals surface area contributed by atoms with Crippen LogP contribution in [0.3, 0.4) is 0 Å². The molecule has 0 unspecified atom stereocenters. The van der Waals surface area contributed by atoms with Gasteiger partial charge in [-0.1, -0.05) is 6.07 Å². The van der Waals surface area contributed by atoms with E-state index >= 15 is 0 Å². The zero-order chi connectivity index (χ0) is 15.6. The lowest BCUT2D eigenvalue weighted by Gasteiger charge is -2.36. The van der Waals surface area contributed by atoms with Crippen LogP contribution in [0.4, 0.5) is 5.69 Å². The van der Waals surface area contributed by atoms with Crippen molar-refractivity contribution in [3.63, 3.8) is 0 Å². The van der Waals surface area contributed by atoms with E-state index in [-0.39, 0.29) is 0 Å². The second-order valence-corrected chi connectivity index (χ2v) is 7.19. The standard InChI is InChI=1S/C14H19N3O3S/c1-11(18)13-4-3-12(10-15)9-14(13)16-5-7-17(8-6-16)21(2,19)20/h3-4,9,11,18H,5-8H2,1-2H3/t11-/m1/s1. The Morgan fingerprint density at radius 1 is 1.29 bits per heavy atom. The van der Waals surface area contributed by atoms with Gasteiger partial charge >= 0.3 is 0 Å². The van der Waals surface area contributed by atoms with Crippen LogP contribution < -0.4 is 4.90 Å². The first kappa shape index (κ1) is 15.8. The molecule has 0 radical (unpaired) electrons. The van der Waals surface area contributed by atoms with Crippen LogP contribution in [0.15, 0.2) is 18.2 Å². The van der Waals surface area contributed by atoms with Crippen molar-refractivity contribution in [3.8, 4) is 6.07 Å². The van der Waals surface area contributed by atoms with Crippen LogP contribution in [0.5, 0.6) is 0 Å². The lowest BCUT2D eigenvalue weighted by Crippen LogP contribution is -2.48. The highest BCUT2D eigenvalue weighted by Crippen LogP contribution is 2.28. The van der Waals surface area contributed by atoms with Crippen LogP contribution in [-0.4, -0.2) is 50.3 Å². The Kier molecular flexibility index (Phi) is 4.52. The molecule has 0 aromatic heterocycles. The number of rotatable bonds is 3. The van der Waals surface area contributed by atoms with Crippen molar-refractivity contribution in [3.05, 3.63) is 29.3 Å². The number of nitrogens with zero attached hydrogens (tertiary/aromatic N) is 3. The summed E-state index contributed by atoms with van der Waals surface area (Å²) in [6, 6.07) is 7.27. The zero-order valence-corrected chi connectivity index (χ0v) is 13.0. The number of sulfonamides is 1. The fourth-order valence-corrected chi connectivity index (χ4v) is 3.33. The van der Waals surface area contributed by atoms with Gasteiger partial charge < -0.3 is 10.0 Å². The molecule has 6 nitrogen and oxygen atoms in total. The second kappa shape index (κ2) is 6.02. The summed E-state index contributed by atoms with van der Waals surface area (Å²) in [6.45, 7) is 3.59. The summed E-state index contributed by atoms with van der Waals surface area (Å²) in [5.74, 6) is 0. The van der Waals surface area contributed by atoms with Crippen molar-refractivity contribution in [1.29, 1.82) is 5.26 Å². The lowest BCUT2D eigenvalue weighted by molar-refractivity contribution is 0.199. The molecule has 1 aliphatic rings. The average molecular weight is 309 g/mol. The van der Waals surface area contributed by atoms with Crippen LogP contribution in [0.2, 0.25) is 0 Å². The lowest BCUT2D eigenvalue weighted by atomic mass is 10.0. The van der Waals surface area contributed by atoms with Crippen molar-refractivity contribution < 1.29 is 13.5 Å². The first-order chi connectivity index (χ1) is 9.82. The smallest absolute Gasteiger partial charge is 0.211 e. The van der Waals surface area contributed by atoms with Crippen LogP contribution in [0.25, 0.3) is 0 Å². The molecule has 21 heavy (non-hydrogen) atoms. The van der Waals surface area contributed by atoms with E-state index in [4.69, 9.17) is 5.26 Å². The predicted octanol–water partition coefficient (Wildman–Crippen LogP) is 0.693. The number of aliphatic hydroxyl groups excluding tert-OH is 1. The third kappa shape index (κ3) is 3.53. The van der Waals surface area contributed by atoms with Gasteiger partial charge in [-0.05, 0) is 19.1 Å². The Bertz CT molecular complexity index is 657. The zero-order valence-electron chi connectivity index (χ0n) is 12.2.